The fraction of sp³-hybridized carbons (Fsp3) is 0. The van der Waals surface area contributed by atoms with E-state index < -0.39 is 0 Å². The van der Waals surface area contributed by atoms with E-state index >= 15 is 0 Å². The summed E-state index contributed by atoms with van der Waals surface area (Å²) in [6, 6.07) is 1.81. The number of carbonyl (C=O) groups excluding carboxylic acids is 1. The molecule has 0 aromatic carbocycles. The fourth-order valence-corrected chi connectivity index (χ4v) is 1.64. The Morgan fingerprint density at radius 2 is 2.56 bits per heavy atom. The molecule has 9 heavy (non-hydrogen) atoms. The van der Waals surface area contributed by atoms with Crippen LogP contribution in [0.15, 0.2) is 11.4 Å². The maximum absolute atomic E-state index is 9.76. The first kappa shape index (κ1) is 7.01. The zero-order valence-electron chi connectivity index (χ0n) is 4.33. The predicted molar refractivity (Wildman–Crippen MR) is 43.7 cm³/mol. The van der Waals surface area contributed by atoms with Crippen molar-refractivity contribution in [2.24, 2.45) is 0 Å². The first-order valence-corrected chi connectivity index (χ1v) is 4.13. The second-order valence-electron chi connectivity index (χ2n) is 1.30. The Morgan fingerprint density at radius 1 is 1.78 bits per heavy atom. The van der Waals surface area contributed by atoms with Crippen molar-refractivity contribution in [1.82, 2.24) is 0 Å². The SMILES string of the molecule is O=COc1csc(I)c1. The van der Waals surface area contributed by atoms with Gasteiger partial charge >= 0.3 is 0 Å². The minimum Gasteiger partial charge on any atom is -0.428 e. The summed E-state index contributed by atoms with van der Waals surface area (Å²) in [7, 11) is 0. The summed E-state index contributed by atoms with van der Waals surface area (Å²) in [4.78, 5) is 9.76. The zero-order valence-corrected chi connectivity index (χ0v) is 7.31. The molecule has 0 bridgehead atoms. The van der Waals surface area contributed by atoms with Crippen LogP contribution in [0.5, 0.6) is 5.75 Å². The maximum Gasteiger partial charge on any atom is 0.298 e. The standard InChI is InChI=1S/C5H3IO2S/c6-5-1-4(2-9-5)8-3-7/h1-3H. The Morgan fingerprint density at radius 3 is 3.00 bits per heavy atom. The molecule has 0 fully saturated rings. The van der Waals surface area contributed by atoms with Crippen LogP contribution in [0.2, 0.25) is 0 Å². The second-order valence-corrected chi connectivity index (χ2v) is 4.11. The number of halogens is 1. The lowest BCUT2D eigenvalue weighted by molar-refractivity contribution is -0.120. The van der Waals surface area contributed by atoms with E-state index in [1.165, 1.54) is 0 Å². The molecule has 1 heterocycles. The predicted octanol–water partition coefficient (Wildman–Crippen LogP) is 1.89. The van der Waals surface area contributed by atoms with Crippen LogP contribution in [0.3, 0.4) is 0 Å². The number of carbonyl (C=O) groups is 1. The molecule has 0 aliphatic carbocycles. The summed E-state index contributed by atoms with van der Waals surface area (Å²) in [5.74, 6) is 0.624. The third-order valence-corrected chi connectivity index (χ3v) is 2.49. The third kappa shape index (κ3) is 1.94. The van der Waals surface area contributed by atoms with Gasteiger partial charge in [-0.05, 0) is 22.6 Å². The van der Waals surface area contributed by atoms with Crippen molar-refractivity contribution >= 4 is 40.4 Å². The quantitative estimate of drug-likeness (QED) is 0.595. The van der Waals surface area contributed by atoms with Crippen LogP contribution in [0.4, 0.5) is 0 Å². The van der Waals surface area contributed by atoms with E-state index in [1.807, 2.05) is 0 Å². The van der Waals surface area contributed by atoms with Gasteiger partial charge in [-0.25, -0.2) is 0 Å². The van der Waals surface area contributed by atoms with Crippen molar-refractivity contribution in [2.45, 2.75) is 0 Å². The summed E-state index contributed by atoms with van der Waals surface area (Å²) < 4.78 is 5.67. The van der Waals surface area contributed by atoms with Crippen molar-refractivity contribution in [1.29, 1.82) is 0 Å². The first-order valence-electron chi connectivity index (χ1n) is 2.17. The summed E-state index contributed by atoms with van der Waals surface area (Å²) >= 11 is 3.71. The average molecular weight is 254 g/mol. The highest BCUT2D eigenvalue weighted by atomic mass is 127. The van der Waals surface area contributed by atoms with Gasteiger partial charge in [0.2, 0.25) is 0 Å². The minimum absolute atomic E-state index is 0.429. The Hall–Kier alpha value is -0.100. The van der Waals surface area contributed by atoms with Gasteiger partial charge in [0.15, 0.2) is 0 Å². The average Bonchev–Trinajstić information content (AvgIpc) is 2.17. The lowest BCUT2D eigenvalue weighted by Gasteiger charge is -1.85. The number of thiophene rings is 1. The van der Waals surface area contributed by atoms with Crippen molar-refractivity contribution in [3.8, 4) is 5.75 Å². The summed E-state index contributed by atoms with van der Waals surface area (Å²) in [6.07, 6.45) is 0. The van der Waals surface area contributed by atoms with E-state index in [4.69, 9.17) is 0 Å². The van der Waals surface area contributed by atoms with Crippen LogP contribution in [0, 0.1) is 2.88 Å². The molecule has 0 spiro atoms. The molecule has 48 valence electrons. The van der Waals surface area contributed by atoms with Crippen molar-refractivity contribution < 1.29 is 9.53 Å². The molecule has 2 nitrogen and oxygen atoms in total. The molecule has 1 aromatic heterocycles. The van der Waals surface area contributed by atoms with Crippen LogP contribution >= 0.6 is 33.9 Å². The Labute approximate surface area is 70.0 Å². The molecule has 1 aromatic rings. The Kier molecular flexibility index (Phi) is 2.47. The number of ether oxygens (including phenoxy) is 1. The maximum atomic E-state index is 9.76. The van der Waals surface area contributed by atoms with E-state index in [2.05, 4.69) is 27.3 Å². The highest BCUT2D eigenvalue weighted by Gasteiger charge is 1.94. The van der Waals surface area contributed by atoms with E-state index in [0.717, 1.165) is 2.88 Å². The van der Waals surface area contributed by atoms with Crippen molar-refractivity contribution in [2.75, 3.05) is 0 Å². The van der Waals surface area contributed by atoms with Crippen LogP contribution in [0.1, 0.15) is 0 Å². The van der Waals surface area contributed by atoms with Crippen molar-refractivity contribution in [3.05, 3.63) is 14.3 Å². The molecule has 0 aliphatic rings. The van der Waals surface area contributed by atoms with Gasteiger partial charge in [-0.15, -0.1) is 11.3 Å². The smallest absolute Gasteiger partial charge is 0.298 e. The molecule has 0 unspecified atom stereocenters. The van der Waals surface area contributed by atoms with E-state index in [0.29, 0.717) is 12.2 Å². The van der Waals surface area contributed by atoms with Crippen LogP contribution < -0.4 is 4.74 Å². The molecule has 0 aliphatic heterocycles. The normalized spacial score (nSPS) is 9.00. The Bertz CT molecular complexity index is 208. The molecule has 0 amide bonds. The third-order valence-electron chi connectivity index (χ3n) is 0.728. The van der Waals surface area contributed by atoms with Gasteiger partial charge in [-0.2, -0.15) is 0 Å². The Balaban J connectivity index is 2.72. The van der Waals surface area contributed by atoms with Crippen LogP contribution in [-0.2, 0) is 4.79 Å². The molecule has 0 saturated carbocycles. The lowest BCUT2D eigenvalue weighted by atomic mass is 10.6. The highest BCUT2D eigenvalue weighted by molar-refractivity contribution is 14.1. The molecule has 0 N–H and O–H groups in total. The number of hydrogen-bond acceptors (Lipinski definition) is 3. The monoisotopic (exact) mass is 254 g/mol. The molecular weight excluding hydrogens is 251 g/mol. The van der Waals surface area contributed by atoms with Crippen LogP contribution in [0.25, 0.3) is 0 Å². The van der Waals surface area contributed by atoms with Gasteiger partial charge < -0.3 is 4.74 Å². The zero-order chi connectivity index (χ0) is 6.69. The fourth-order valence-electron chi connectivity index (χ4n) is 0.412. The van der Waals surface area contributed by atoms with Gasteiger partial charge in [0.1, 0.15) is 5.75 Å². The molecule has 0 radical (unpaired) electrons. The van der Waals surface area contributed by atoms with Crippen LogP contribution in [-0.4, -0.2) is 6.47 Å². The second kappa shape index (κ2) is 3.17. The van der Waals surface area contributed by atoms with Gasteiger partial charge in [0.05, 0.1) is 2.88 Å². The molecule has 4 heteroatoms. The van der Waals surface area contributed by atoms with E-state index in [-0.39, 0.29) is 0 Å². The lowest BCUT2D eigenvalue weighted by Crippen LogP contribution is -1.83. The van der Waals surface area contributed by atoms with Gasteiger partial charge in [-0.3, -0.25) is 4.79 Å². The molecule has 1 rings (SSSR count). The highest BCUT2D eigenvalue weighted by Crippen LogP contribution is 2.21. The van der Waals surface area contributed by atoms with E-state index in [1.54, 1.807) is 22.8 Å². The number of rotatable bonds is 2. The van der Waals surface area contributed by atoms with Gasteiger partial charge in [-0.1, -0.05) is 0 Å². The van der Waals surface area contributed by atoms with Gasteiger partial charge in [0.25, 0.3) is 6.47 Å². The summed E-state index contributed by atoms with van der Waals surface area (Å²) in [5.41, 5.74) is 0. The molecular formula is C5H3IO2S. The van der Waals surface area contributed by atoms with Crippen molar-refractivity contribution in [3.63, 3.8) is 0 Å². The minimum atomic E-state index is 0.429. The molecule has 0 saturated heterocycles. The number of hydrogen-bond donors (Lipinski definition) is 0. The largest absolute Gasteiger partial charge is 0.428 e. The summed E-state index contributed by atoms with van der Waals surface area (Å²) in [6.45, 7) is 0.429. The summed E-state index contributed by atoms with van der Waals surface area (Å²) in [5, 5.41) is 1.79. The first-order chi connectivity index (χ1) is 4.33. The molecule has 0 atom stereocenters. The van der Waals surface area contributed by atoms with E-state index in [9.17, 15) is 4.79 Å². The van der Waals surface area contributed by atoms with Gasteiger partial charge in [0, 0.05) is 11.4 Å². The topological polar surface area (TPSA) is 26.3 Å².